The van der Waals surface area contributed by atoms with Crippen LogP contribution in [0.2, 0.25) is 0 Å². The van der Waals surface area contributed by atoms with Gasteiger partial charge in [0.2, 0.25) is 0 Å². The summed E-state index contributed by atoms with van der Waals surface area (Å²) in [4.78, 5) is 17.9. The van der Waals surface area contributed by atoms with E-state index in [4.69, 9.17) is 5.73 Å². The van der Waals surface area contributed by atoms with E-state index in [1.165, 1.54) is 18.7 Å². The normalized spacial score (nSPS) is 16.3. The van der Waals surface area contributed by atoms with E-state index in [0.717, 1.165) is 31.9 Å². The molecule has 0 aliphatic heterocycles. The number of carbonyl (C=O) groups excluding carboxylic acids is 1. The maximum absolute atomic E-state index is 13.7. The smallest absolute Gasteiger partial charge is 0.257 e. The Morgan fingerprint density at radius 1 is 1.42 bits per heavy atom. The first-order chi connectivity index (χ1) is 9.24. The van der Waals surface area contributed by atoms with Gasteiger partial charge in [-0.1, -0.05) is 19.3 Å². The number of hydrogen-bond donors (Lipinski definition) is 1. The quantitative estimate of drug-likeness (QED) is 0.905. The van der Waals surface area contributed by atoms with Crippen LogP contribution in [0.4, 0.5) is 4.39 Å². The molecule has 1 heterocycles. The molecule has 1 aromatic heterocycles. The SMILES string of the molecule is NCCN(C(=O)c1ccncc1F)C1CCCCC1. The Morgan fingerprint density at radius 3 is 2.79 bits per heavy atom. The highest BCUT2D eigenvalue weighted by molar-refractivity contribution is 5.94. The zero-order valence-electron chi connectivity index (χ0n) is 11.0. The van der Waals surface area contributed by atoms with E-state index in [0.29, 0.717) is 13.1 Å². The van der Waals surface area contributed by atoms with E-state index in [9.17, 15) is 9.18 Å². The van der Waals surface area contributed by atoms with Crippen LogP contribution in [0, 0.1) is 5.82 Å². The van der Waals surface area contributed by atoms with Crippen LogP contribution in [0.1, 0.15) is 42.5 Å². The number of nitrogens with two attached hydrogens (primary N) is 1. The standard InChI is InChI=1S/C14H20FN3O/c15-13-10-17-8-6-12(13)14(19)18(9-7-16)11-4-2-1-3-5-11/h6,8,10-11H,1-5,7,9,16H2. The number of halogens is 1. The van der Waals surface area contributed by atoms with Crippen molar-refractivity contribution < 1.29 is 9.18 Å². The summed E-state index contributed by atoms with van der Waals surface area (Å²) in [5.41, 5.74) is 5.68. The third-order valence-corrected chi connectivity index (χ3v) is 3.65. The molecule has 1 amide bonds. The van der Waals surface area contributed by atoms with E-state index in [1.54, 1.807) is 4.90 Å². The first kappa shape index (κ1) is 13.9. The van der Waals surface area contributed by atoms with Gasteiger partial charge < -0.3 is 10.6 Å². The molecule has 1 fully saturated rings. The Kier molecular flexibility index (Phi) is 4.85. The highest BCUT2D eigenvalue weighted by Crippen LogP contribution is 2.24. The van der Waals surface area contributed by atoms with Crippen molar-refractivity contribution in [3.8, 4) is 0 Å². The minimum atomic E-state index is -0.565. The molecule has 1 aromatic rings. The Bertz CT molecular complexity index is 432. The number of amides is 1. The maximum atomic E-state index is 13.7. The highest BCUT2D eigenvalue weighted by Gasteiger charge is 2.27. The van der Waals surface area contributed by atoms with Crippen molar-refractivity contribution in [3.05, 3.63) is 29.8 Å². The van der Waals surface area contributed by atoms with Crippen molar-refractivity contribution in [2.45, 2.75) is 38.1 Å². The van der Waals surface area contributed by atoms with Crippen LogP contribution in [-0.2, 0) is 0 Å². The molecule has 0 spiro atoms. The lowest BCUT2D eigenvalue weighted by molar-refractivity contribution is 0.0636. The van der Waals surface area contributed by atoms with Gasteiger partial charge in [-0.15, -0.1) is 0 Å². The molecule has 0 saturated heterocycles. The van der Waals surface area contributed by atoms with Gasteiger partial charge in [-0.05, 0) is 18.9 Å². The first-order valence-electron chi connectivity index (χ1n) is 6.84. The van der Waals surface area contributed by atoms with E-state index >= 15 is 0 Å². The fourth-order valence-corrected chi connectivity index (χ4v) is 2.69. The van der Waals surface area contributed by atoms with Gasteiger partial charge in [0.05, 0.1) is 11.8 Å². The molecule has 0 aromatic carbocycles. The molecular formula is C14H20FN3O. The second kappa shape index (κ2) is 6.61. The average molecular weight is 265 g/mol. The summed E-state index contributed by atoms with van der Waals surface area (Å²) in [6, 6.07) is 1.63. The van der Waals surface area contributed by atoms with Gasteiger partial charge >= 0.3 is 0 Å². The van der Waals surface area contributed by atoms with Gasteiger partial charge in [0.25, 0.3) is 5.91 Å². The topological polar surface area (TPSA) is 59.2 Å². The maximum Gasteiger partial charge on any atom is 0.257 e. The number of aromatic nitrogens is 1. The van der Waals surface area contributed by atoms with Crippen molar-refractivity contribution in [1.82, 2.24) is 9.88 Å². The number of rotatable bonds is 4. The second-order valence-corrected chi connectivity index (χ2v) is 4.93. The fraction of sp³-hybridized carbons (Fsp3) is 0.571. The molecule has 1 saturated carbocycles. The fourth-order valence-electron chi connectivity index (χ4n) is 2.69. The van der Waals surface area contributed by atoms with Crippen LogP contribution in [0.3, 0.4) is 0 Å². The molecule has 104 valence electrons. The number of pyridine rings is 1. The van der Waals surface area contributed by atoms with Crippen LogP contribution < -0.4 is 5.73 Å². The third kappa shape index (κ3) is 3.29. The Labute approximate surface area is 112 Å². The Morgan fingerprint density at radius 2 is 2.16 bits per heavy atom. The molecule has 5 heteroatoms. The Balaban J connectivity index is 2.18. The van der Waals surface area contributed by atoms with Crippen molar-refractivity contribution in [2.24, 2.45) is 5.73 Å². The van der Waals surface area contributed by atoms with Crippen LogP contribution in [0.25, 0.3) is 0 Å². The lowest BCUT2D eigenvalue weighted by Gasteiger charge is -2.34. The van der Waals surface area contributed by atoms with Crippen molar-refractivity contribution in [3.63, 3.8) is 0 Å². The summed E-state index contributed by atoms with van der Waals surface area (Å²) < 4.78 is 13.7. The molecule has 0 radical (unpaired) electrons. The number of nitrogens with zero attached hydrogens (tertiary/aromatic N) is 2. The zero-order valence-corrected chi connectivity index (χ0v) is 11.0. The molecule has 4 nitrogen and oxygen atoms in total. The van der Waals surface area contributed by atoms with Gasteiger partial charge in [-0.2, -0.15) is 0 Å². The molecule has 0 atom stereocenters. The molecule has 2 rings (SSSR count). The molecule has 0 bridgehead atoms. The molecule has 19 heavy (non-hydrogen) atoms. The lowest BCUT2D eigenvalue weighted by Crippen LogP contribution is -2.44. The van der Waals surface area contributed by atoms with E-state index < -0.39 is 5.82 Å². The van der Waals surface area contributed by atoms with Crippen molar-refractivity contribution in [1.29, 1.82) is 0 Å². The molecular weight excluding hydrogens is 245 g/mol. The van der Waals surface area contributed by atoms with Crippen molar-refractivity contribution in [2.75, 3.05) is 13.1 Å². The number of hydrogen-bond acceptors (Lipinski definition) is 3. The summed E-state index contributed by atoms with van der Waals surface area (Å²) >= 11 is 0. The summed E-state index contributed by atoms with van der Waals surface area (Å²) in [6.07, 6.45) is 7.95. The summed E-state index contributed by atoms with van der Waals surface area (Å²) in [6.45, 7) is 0.875. The minimum absolute atomic E-state index is 0.0917. The zero-order chi connectivity index (χ0) is 13.7. The highest BCUT2D eigenvalue weighted by atomic mass is 19.1. The predicted molar refractivity (Wildman–Crippen MR) is 71.2 cm³/mol. The summed E-state index contributed by atoms with van der Waals surface area (Å²) in [5, 5.41) is 0. The number of carbonyl (C=O) groups is 1. The summed E-state index contributed by atoms with van der Waals surface area (Å²) in [5.74, 6) is -0.831. The van der Waals surface area contributed by atoms with Gasteiger partial charge in [-0.25, -0.2) is 4.39 Å². The van der Waals surface area contributed by atoms with Crippen LogP contribution in [-0.4, -0.2) is 34.9 Å². The van der Waals surface area contributed by atoms with Gasteiger partial charge in [0, 0.05) is 25.3 Å². The molecule has 1 aliphatic carbocycles. The van der Waals surface area contributed by atoms with Crippen LogP contribution >= 0.6 is 0 Å². The lowest BCUT2D eigenvalue weighted by atomic mass is 9.93. The second-order valence-electron chi connectivity index (χ2n) is 4.93. The average Bonchev–Trinajstić information content (AvgIpc) is 2.45. The first-order valence-corrected chi connectivity index (χ1v) is 6.84. The van der Waals surface area contributed by atoms with E-state index in [2.05, 4.69) is 4.98 Å². The van der Waals surface area contributed by atoms with Crippen LogP contribution in [0.5, 0.6) is 0 Å². The summed E-state index contributed by atoms with van der Waals surface area (Å²) in [7, 11) is 0. The molecule has 0 unspecified atom stereocenters. The van der Waals surface area contributed by atoms with Gasteiger partial charge in [0.1, 0.15) is 0 Å². The molecule has 1 aliphatic rings. The van der Waals surface area contributed by atoms with Gasteiger partial charge in [0.15, 0.2) is 5.82 Å². The largest absolute Gasteiger partial charge is 0.334 e. The van der Waals surface area contributed by atoms with E-state index in [1.807, 2.05) is 0 Å². The van der Waals surface area contributed by atoms with E-state index in [-0.39, 0.29) is 17.5 Å². The molecule has 2 N–H and O–H groups in total. The van der Waals surface area contributed by atoms with Crippen LogP contribution in [0.15, 0.2) is 18.5 Å². The van der Waals surface area contributed by atoms with Gasteiger partial charge in [-0.3, -0.25) is 9.78 Å². The third-order valence-electron chi connectivity index (χ3n) is 3.65. The monoisotopic (exact) mass is 265 g/mol. The predicted octanol–water partition coefficient (Wildman–Crippen LogP) is 1.95. The minimum Gasteiger partial charge on any atom is -0.334 e. The van der Waals surface area contributed by atoms with Crippen molar-refractivity contribution >= 4 is 5.91 Å². The Hall–Kier alpha value is -1.49.